The molecule has 1 heterocycles. The van der Waals surface area contributed by atoms with Crippen LogP contribution in [0, 0.1) is 0 Å². The highest BCUT2D eigenvalue weighted by molar-refractivity contribution is 7.11. The van der Waals surface area contributed by atoms with Crippen LogP contribution in [0.15, 0.2) is 24.3 Å². The van der Waals surface area contributed by atoms with Gasteiger partial charge in [-0.3, -0.25) is 0 Å². The average Bonchev–Trinajstić information content (AvgIpc) is 2.77. The highest BCUT2D eigenvalue weighted by atomic mass is 32.1. The van der Waals surface area contributed by atoms with Gasteiger partial charge in [0.25, 0.3) is 0 Å². The predicted molar refractivity (Wildman–Crippen MR) is 78.0 cm³/mol. The molecule has 2 aromatic rings. The van der Waals surface area contributed by atoms with Gasteiger partial charge in [-0.25, -0.2) is 0 Å². The number of nitrogens with zero attached hydrogens (tertiary/aromatic N) is 1. The minimum absolute atomic E-state index is 0.415. The second-order valence-corrected chi connectivity index (χ2v) is 4.64. The van der Waals surface area contributed by atoms with Crippen LogP contribution < -0.4 is 20.5 Å². The topological polar surface area (TPSA) is 69.4 Å². The molecule has 0 aliphatic heterocycles. The molecule has 19 heavy (non-hydrogen) atoms. The molecule has 3 N–H and O–H groups in total. The fourth-order valence-electron chi connectivity index (χ4n) is 1.70. The summed E-state index contributed by atoms with van der Waals surface area (Å²) < 4.78 is 14.7. The van der Waals surface area contributed by atoms with Gasteiger partial charge in [-0.1, -0.05) is 12.1 Å². The Kier molecular flexibility index (Phi) is 4.46. The third kappa shape index (κ3) is 3.29. The lowest BCUT2D eigenvalue weighted by atomic mass is 10.2. The third-order valence-corrected chi connectivity index (χ3v) is 3.34. The van der Waals surface area contributed by atoms with E-state index in [2.05, 4.69) is 9.69 Å². The standard InChI is InChI=1S/C13H17N3O2S/c1-3-18-10-6-4-5-9(7-10)8-15-13-11(17-2)12(14)16-19-13/h4-7,15H,3,8H2,1-2H3,(H2,14,16). The van der Waals surface area contributed by atoms with E-state index in [4.69, 9.17) is 15.2 Å². The van der Waals surface area contributed by atoms with Crippen molar-refractivity contribution in [2.75, 3.05) is 24.8 Å². The van der Waals surface area contributed by atoms with E-state index in [1.165, 1.54) is 11.5 Å². The Morgan fingerprint density at radius 2 is 2.26 bits per heavy atom. The van der Waals surface area contributed by atoms with Crippen molar-refractivity contribution in [3.63, 3.8) is 0 Å². The first-order valence-corrected chi connectivity index (χ1v) is 6.76. The fourth-order valence-corrected chi connectivity index (χ4v) is 2.38. The summed E-state index contributed by atoms with van der Waals surface area (Å²) in [4.78, 5) is 0. The molecular formula is C13H17N3O2S. The SMILES string of the molecule is CCOc1cccc(CNc2snc(N)c2OC)c1. The lowest BCUT2D eigenvalue weighted by Crippen LogP contribution is -2.00. The van der Waals surface area contributed by atoms with Crippen molar-refractivity contribution < 1.29 is 9.47 Å². The van der Waals surface area contributed by atoms with Crippen molar-refractivity contribution in [2.45, 2.75) is 13.5 Å². The Morgan fingerprint density at radius 3 is 3.00 bits per heavy atom. The van der Waals surface area contributed by atoms with Gasteiger partial charge in [0.05, 0.1) is 13.7 Å². The maximum atomic E-state index is 5.70. The van der Waals surface area contributed by atoms with E-state index >= 15 is 0 Å². The number of rotatable bonds is 6. The second-order valence-electron chi connectivity index (χ2n) is 3.86. The number of anilines is 2. The molecule has 1 aromatic carbocycles. The Bertz CT molecular complexity index is 542. The number of ether oxygens (including phenoxy) is 2. The van der Waals surface area contributed by atoms with Crippen molar-refractivity contribution in [2.24, 2.45) is 0 Å². The zero-order valence-electron chi connectivity index (χ0n) is 11.0. The number of nitrogens with one attached hydrogen (secondary N) is 1. The van der Waals surface area contributed by atoms with E-state index in [-0.39, 0.29) is 0 Å². The van der Waals surface area contributed by atoms with Gasteiger partial charge in [0, 0.05) is 6.54 Å². The molecule has 0 fully saturated rings. The number of nitrogen functional groups attached to an aromatic ring is 1. The van der Waals surface area contributed by atoms with Gasteiger partial charge < -0.3 is 20.5 Å². The van der Waals surface area contributed by atoms with E-state index < -0.39 is 0 Å². The maximum absolute atomic E-state index is 5.70. The van der Waals surface area contributed by atoms with E-state index in [9.17, 15) is 0 Å². The van der Waals surface area contributed by atoms with Crippen LogP contribution in [0.2, 0.25) is 0 Å². The minimum atomic E-state index is 0.415. The molecule has 0 saturated carbocycles. The number of benzene rings is 1. The number of nitrogens with two attached hydrogens (primary N) is 1. The first kappa shape index (κ1) is 13.5. The molecule has 0 bridgehead atoms. The van der Waals surface area contributed by atoms with Gasteiger partial charge >= 0.3 is 0 Å². The molecule has 1 aromatic heterocycles. The lowest BCUT2D eigenvalue weighted by Gasteiger charge is -2.08. The number of hydrogen-bond donors (Lipinski definition) is 2. The Hall–Kier alpha value is -1.95. The number of aromatic nitrogens is 1. The quantitative estimate of drug-likeness (QED) is 0.851. The Labute approximate surface area is 116 Å². The molecule has 2 rings (SSSR count). The third-order valence-electron chi connectivity index (χ3n) is 2.54. The van der Waals surface area contributed by atoms with Gasteiger partial charge in [-0.05, 0) is 36.2 Å². The largest absolute Gasteiger partial charge is 0.494 e. The second kappa shape index (κ2) is 6.29. The van der Waals surface area contributed by atoms with E-state index in [0.29, 0.717) is 24.7 Å². The molecular weight excluding hydrogens is 262 g/mol. The molecule has 0 radical (unpaired) electrons. The van der Waals surface area contributed by atoms with Crippen LogP contribution in [0.25, 0.3) is 0 Å². The molecule has 0 saturated heterocycles. The normalized spacial score (nSPS) is 10.2. The molecule has 0 aliphatic rings. The summed E-state index contributed by atoms with van der Waals surface area (Å²) in [5.74, 6) is 1.89. The van der Waals surface area contributed by atoms with Crippen LogP contribution in [0.4, 0.5) is 10.8 Å². The monoisotopic (exact) mass is 279 g/mol. The van der Waals surface area contributed by atoms with Gasteiger partial charge in [0.15, 0.2) is 16.6 Å². The summed E-state index contributed by atoms with van der Waals surface area (Å²) in [6.07, 6.45) is 0. The van der Waals surface area contributed by atoms with Crippen LogP contribution in [0.3, 0.4) is 0 Å². The fraction of sp³-hybridized carbons (Fsp3) is 0.308. The average molecular weight is 279 g/mol. The van der Waals surface area contributed by atoms with Crippen LogP contribution in [-0.2, 0) is 6.54 Å². The predicted octanol–water partition coefficient (Wildman–Crippen LogP) is 2.74. The molecule has 0 amide bonds. The van der Waals surface area contributed by atoms with Crippen molar-refractivity contribution >= 4 is 22.4 Å². The number of hydrogen-bond acceptors (Lipinski definition) is 6. The van der Waals surface area contributed by atoms with Crippen LogP contribution in [-0.4, -0.2) is 18.1 Å². The van der Waals surface area contributed by atoms with E-state index in [0.717, 1.165) is 16.3 Å². The first-order valence-electron chi connectivity index (χ1n) is 5.99. The summed E-state index contributed by atoms with van der Waals surface area (Å²) in [5, 5.41) is 4.10. The molecule has 0 aliphatic carbocycles. The van der Waals surface area contributed by atoms with Crippen LogP contribution in [0.5, 0.6) is 11.5 Å². The minimum Gasteiger partial charge on any atom is -0.494 e. The van der Waals surface area contributed by atoms with Crippen molar-refractivity contribution in [3.8, 4) is 11.5 Å². The summed E-state index contributed by atoms with van der Waals surface area (Å²) in [6, 6.07) is 7.96. The molecule has 102 valence electrons. The summed E-state index contributed by atoms with van der Waals surface area (Å²) >= 11 is 1.29. The highest BCUT2D eigenvalue weighted by Gasteiger charge is 2.11. The molecule has 0 atom stereocenters. The van der Waals surface area contributed by atoms with Gasteiger partial charge in [-0.2, -0.15) is 4.37 Å². The van der Waals surface area contributed by atoms with Crippen molar-refractivity contribution in [3.05, 3.63) is 29.8 Å². The van der Waals surface area contributed by atoms with E-state index in [1.807, 2.05) is 31.2 Å². The smallest absolute Gasteiger partial charge is 0.197 e. The summed E-state index contributed by atoms with van der Waals surface area (Å²) in [7, 11) is 1.58. The Balaban J connectivity index is 2.03. The summed E-state index contributed by atoms with van der Waals surface area (Å²) in [6.45, 7) is 3.30. The summed E-state index contributed by atoms with van der Waals surface area (Å²) in [5.41, 5.74) is 6.82. The van der Waals surface area contributed by atoms with Gasteiger partial charge in [0.1, 0.15) is 5.75 Å². The zero-order valence-corrected chi connectivity index (χ0v) is 11.8. The van der Waals surface area contributed by atoms with Crippen molar-refractivity contribution in [1.29, 1.82) is 0 Å². The molecule has 0 spiro atoms. The number of methoxy groups -OCH3 is 1. The molecule has 6 heteroatoms. The lowest BCUT2D eigenvalue weighted by molar-refractivity contribution is 0.340. The van der Waals surface area contributed by atoms with Crippen molar-refractivity contribution in [1.82, 2.24) is 4.37 Å². The van der Waals surface area contributed by atoms with Gasteiger partial charge in [-0.15, -0.1) is 0 Å². The maximum Gasteiger partial charge on any atom is 0.197 e. The first-order chi connectivity index (χ1) is 9.24. The zero-order chi connectivity index (χ0) is 13.7. The Morgan fingerprint density at radius 1 is 1.42 bits per heavy atom. The molecule has 0 unspecified atom stereocenters. The molecule has 5 nitrogen and oxygen atoms in total. The highest BCUT2D eigenvalue weighted by Crippen LogP contribution is 2.34. The van der Waals surface area contributed by atoms with Crippen LogP contribution in [0.1, 0.15) is 12.5 Å². The van der Waals surface area contributed by atoms with Gasteiger partial charge in [0.2, 0.25) is 0 Å². The van der Waals surface area contributed by atoms with E-state index in [1.54, 1.807) is 7.11 Å². The van der Waals surface area contributed by atoms with Crippen LogP contribution >= 0.6 is 11.5 Å².